The summed E-state index contributed by atoms with van der Waals surface area (Å²) in [4.78, 5) is 23.9. The predicted molar refractivity (Wildman–Crippen MR) is 98.7 cm³/mol. The first-order chi connectivity index (χ1) is 12.5. The van der Waals surface area contributed by atoms with Gasteiger partial charge in [0.05, 0.1) is 27.8 Å². The number of halogens is 2. The number of fused-ring (bicyclic) bond motifs is 1. The number of ether oxygens (including phenoxy) is 2. The van der Waals surface area contributed by atoms with Crippen LogP contribution in [0.3, 0.4) is 0 Å². The van der Waals surface area contributed by atoms with Crippen LogP contribution in [0.4, 0.5) is 5.69 Å². The molecule has 0 saturated heterocycles. The van der Waals surface area contributed by atoms with Crippen LogP contribution in [0, 0.1) is 0 Å². The van der Waals surface area contributed by atoms with Crippen molar-refractivity contribution in [3.63, 3.8) is 0 Å². The first-order valence-electron chi connectivity index (χ1n) is 7.87. The van der Waals surface area contributed by atoms with Crippen LogP contribution in [0.1, 0.15) is 15.9 Å². The minimum absolute atomic E-state index is 0.0155. The second kappa shape index (κ2) is 7.85. The largest absolute Gasteiger partial charge is 0.488 e. The van der Waals surface area contributed by atoms with Gasteiger partial charge >= 0.3 is 5.97 Å². The van der Waals surface area contributed by atoms with Gasteiger partial charge < -0.3 is 20.5 Å². The molecule has 0 fully saturated rings. The number of benzene rings is 2. The smallest absolute Gasteiger partial charge is 0.340 e. The lowest BCUT2D eigenvalue weighted by Crippen LogP contribution is -2.36. The monoisotopic (exact) mass is 394 g/mol. The summed E-state index contributed by atoms with van der Waals surface area (Å²) in [5.41, 5.74) is 6.92. The molecule has 3 N–H and O–H groups in total. The minimum Gasteiger partial charge on any atom is -0.488 e. The van der Waals surface area contributed by atoms with Crippen LogP contribution in [0.5, 0.6) is 5.75 Å². The molecule has 1 atom stereocenters. The zero-order valence-corrected chi connectivity index (χ0v) is 15.1. The van der Waals surface area contributed by atoms with E-state index < -0.39 is 18.5 Å². The third-order valence-corrected chi connectivity index (χ3v) is 4.75. The van der Waals surface area contributed by atoms with Crippen LogP contribution < -0.4 is 15.8 Å². The van der Waals surface area contributed by atoms with Gasteiger partial charge in [-0.1, -0.05) is 41.4 Å². The topological polar surface area (TPSA) is 90.7 Å². The van der Waals surface area contributed by atoms with E-state index in [1.807, 2.05) is 24.3 Å². The van der Waals surface area contributed by atoms with Crippen molar-refractivity contribution in [2.45, 2.75) is 12.5 Å². The number of rotatable bonds is 5. The summed E-state index contributed by atoms with van der Waals surface area (Å²) in [5.74, 6) is -0.356. The average Bonchev–Trinajstić information content (AvgIpc) is 3.05. The molecular formula is C18H16Cl2N2O4. The Morgan fingerprint density at radius 1 is 1.23 bits per heavy atom. The van der Waals surface area contributed by atoms with E-state index in [0.29, 0.717) is 6.54 Å². The molecule has 1 aliphatic rings. The Balaban J connectivity index is 1.46. The maximum absolute atomic E-state index is 12.0. The number of carbonyl (C=O) groups is 2. The summed E-state index contributed by atoms with van der Waals surface area (Å²) in [6.45, 7) is -0.113. The van der Waals surface area contributed by atoms with E-state index in [1.54, 1.807) is 0 Å². The lowest BCUT2D eigenvalue weighted by molar-refractivity contribution is -0.124. The number of esters is 1. The van der Waals surface area contributed by atoms with Crippen molar-refractivity contribution in [1.82, 2.24) is 5.32 Å². The molecule has 0 spiro atoms. The molecule has 1 aliphatic heterocycles. The van der Waals surface area contributed by atoms with E-state index in [1.165, 1.54) is 12.1 Å². The van der Waals surface area contributed by atoms with Crippen molar-refractivity contribution in [2.75, 3.05) is 18.9 Å². The number of carbonyl (C=O) groups excluding carboxylic acids is 2. The minimum atomic E-state index is -0.749. The molecular weight excluding hydrogens is 379 g/mol. The first kappa shape index (κ1) is 18.4. The van der Waals surface area contributed by atoms with Crippen molar-refractivity contribution in [1.29, 1.82) is 0 Å². The number of amides is 1. The normalized spacial score (nSPS) is 15.1. The maximum atomic E-state index is 12.0. The average molecular weight is 395 g/mol. The molecule has 0 saturated carbocycles. The molecule has 0 radical (unpaired) electrons. The van der Waals surface area contributed by atoms with Gasteiger partial charge in [-0.05, 0) is 23.8 Å². The fourth-order valence-electron chi connectivity index (χ4n) is 2.60. The van der Waals surface area contributed by atoms with Gasteiger partial charge in [0.25, 0.3) is 5.91 Å². The zero-order valence-electron chi connectivity index (χ0n) is 13.6. The molecule has 0 bridgehead atoms. The summed E-state index contributed by atoms with van der Waals surface area (Å²) < 4.78 is 10.7. The molecule has 0 aromatic heterocycles. The fraction of sp³-hybridized carbons (Fsp3) is 0.222. The Labute approximate surface area is 160 Å². The van der Waals surface area contributed by atoms with Crippen molar-refractivity contribution in [3.05, 3.63) is 57.6 Å². The second-order valence-electron chi connectivity index (χ2n) is 5.75. The Morgan fingerprint density at radius 2 is 2.00 bits per heavy atom. The third kappa shape index (κ3) is 4.03. The van der Waals surface area contributed by atoms with Gasteiger partial charge in [0.1, 0.15) is 11.9 Å². The Bertz CT molecular complexity index is 832. The number of para-hydroxylation sites is 1. The molecule has 1 heterocycles. The Kier molecular flexibility index (Phi) is 5.54. The van der Waals surface area contributed by atoms with E-state index in [-0.39, 0.29) is 27.4 Å². The molecule has 2 aromatic rings. The molecule has 0 unspecified atom stereocenters. The number of anilines is 1. The number of nitrogens with two attached hydrogens (primary N) is 1. The van der Waals surface area contributed by atoms with Crippen LogP contribution in [-0.4, -0.2) is 31.1 Å². The van der Waals surface area contributed by atoms with Crippen LogP contribution in [0.25, 0.3) is 0 Å². The summed E-state index contributed by atoms with van der Waals surface area (Å²) in [6, 6.07) is 10.5. The molecule has 1 amide bonds. The molecule has 3 rings (SSSR count). The zero-order chi connectivity index (χ0) is 18.7. The van der Waals surface area contributed by atoms with Gasteiger partial charge in [-0.15, -0.1) is 0 Å². The van der Waals surface area contributed by atoms with E-state index in [4.69, 9.17) is 38.4 Å². The summed E-state index contributed by atoms with van der Waals surface area (Å²) in [7, 11) is 0. The van der Waals surface area contributed by atoms with Crippen molar-refractivity contribution >= 4 is 40.8 Å². The molecule has 0 aliphatic carbocycles. The summed E-state index contributed by atoms with van der Waals surface area (Å²) in [6.07, 6.45) is 0.577. The van der Waals surface area contributed by atoms with E-state index in [0.717, 1.165) is 17.7 Å². The predicted octanol–water partition coefficient (Wildman–Crippen LogP) is 2.85. The van der Waals surface area contributed by atoms with Crippen LogP contribution in [0.2, 0.25) is 10.0 Å². The van der Waals surface area contributed by atoms with Crippen molar-refractivity contribution in [2.24, 2.45) is 0 Å². The van der Waals surface area contributed by atoms with Gasteiger partial charge in [-0.3, -0.25) is 4.79 Å². The quantitative estimate of drug-likeness (QED) is 0.600. The van der Waals surface area contributed by atoms with Crippen LogP contribution >= 0.6 is 23.2 Å². The lowest BCUT2D eigenvalue weighted by atomic mass is 10.1. The molecule has 26 heavy (non-hydrogen) atoms. The number of hydrogen-bond donors (Lipinski definition) is 2. The number of nitrogens with one attached hydrogen (secondary N) is 1. The molecule has 2 aromatic carbocycles. The maximum Gasteiger partial charge on any atom is 0.340 e. The highest BCUT2D eigenvalue weighted by Gasteiger charge is 2.23. The highest BCUT2D eigenvalue weighted by Crippen LogP contribution is 2.31. The van der Waals surface area contributed by atoms with Crippen molar-refractivity contribution in [3.8, 4) is 5.75 Å². The number of hydrogen-bond acceptors (Lipinski definition) is 5. The van der Waals surface area contributed by atoms with E-state index >= 15 is 0 Å². The third-order valence-electron chi connectivity index (χ3n) is 3.93. The Hall–Kier alpha value is -2.44. The lowest BCUT2D eigenvalue weighted by Gasteiger charge is -2.12. The first-order valence-corrected chi connectivity index (χ1v) is 8.63. The van der Waals surface area contributed by atoms with Crippen molar-refractivity contribution < 1.29 is 19.1 Å². The summed E-state index contributed by atoms with van der Waals surface area (Å²) in [5, 5.41) is 2.99. The van der Waals surface area contributed by atoms with Gasteiger partial charge in [0.2, 0.25) is 0 Å². The standard InChI is InChI=1S/C18H16Cl2N2O4/c19-13-6-5-12(17(21)16(13)20)18(24)25-9-15(23)22-8-11-7-10-3-1-2-4-14(10)26-11/h1-6,11H,7-9,21H2,(H,22,23)/t11-/m1/s1. The van der Waals surface area contributed by atoms with Gasteiger partial charge in [0, 0.05) is 6.42 Å². The van der Waals surface area contributed by atoms with Gasteiger partial charge in [-0.2, -0.15) is 0 Å². The van der Waals surface area contributed by atoms with E-state index in [2.05, 4.69) is 5.32 Å². The highest BCUT2D eigenvalue weighted by molar-refractivity contribution is 6.44. The van der Waals surface area contributed by atoms with Gasteiger partial charge in [0.15, 0.2) is 6.61 Å². The SMILES string of the molecule is Nc1c(C(=O)OCC(=O)NC[C@H]2Cc3ccccc3O2)ccc(Cl)c1Cl. The van der Waals surface area contributed by atoms with Crippen LogP contribution in [-0.2, 0) is 16.0 Å². The fourth-order valence-corrected chi connectivity index (χ4v) is 2.93. The molecule has 8 heteroatoms. The highest BCUT2D eigenvalue weighted by atomic mass is 35.5. The second-order valence-corrected chi connectivity index (χ2v) is 6.54. The Morgan fingerprint density at radius 3 is 2.77 bits per heavy atom. The summed E-state index contributed by atoms with van der Waals surface area (Å²) >= 11 is 11.7. The van der Waals surface area contributed by atoms with E-state index in [9.17, 15) is 9.59 Å². The molecule has 6 nitrogen and oxygen atoms in total. The number of nitrogen functional groups attached to an aromatic ring is 1. The molecule has 136 valence electrons. The van der Waals surface area contributed by atoms with Crippen LogP contribution in [0.15, 0.2) is 36.4 Å². The van der Waals surface area contributed by atoms with Gasteiger partial charge in [-0.25, -0.2) is 4.79 Å².